The summed E-state index contributed by atoms with van der Waals surface area (Å²) in [7, 11) is 0. The first-order valence-corrected chi connectivity index (χ1v) is 9.72. The van der Waals surface area contributed by atoms with Gasteiger partial charge in [0.05, 0.1) is 11.8 Å². The van der Waals surface area contributed by atoms with Gasteiger partial charge in [-0.15, -0.1) is 11.8 Å². The fraction of sp³-hybridized carbons (Fsp3) is 0.316. The molecule has 2 rings (SSSR count). The minimum Gasteiger partial charge on any atom is -0.492 e. The molecule has 0 radical (unpaired) electrons. The molecule has 0 saturated heterocycles. The van der Waals surface area contributed by atoms with Gasteiger partial charge in [-0.05, 0) is 55.3 Å². The Morgan fingerprint density at radius 1 is 1.20 bits per heavy atom. The summed E-state index contributed by atoms with van der Waals surface area (Å²) in [5.74, 6) is 0.709. The fourth-order valence-electron chi connectivity index (χ4n) is 2.12. The minimum atomic E-state index is -0.144. The predicted octanol–water partition coefficient (Wildman–Crippen LogP) is 5.37. The van der Waals surface area contributed by atoms with Crippen LogP contribution in [-0.2, 0) is 4.79 Å². The molecular formula is C19H21Cl2NO2S. The zero-order chi connectivity index (χ0) is 18.2. The van der Waals surface area contributed by atoms with Gasteiger partial charge in [-0.3, -0.25) is 4.79 Å². The molecule has 2 aromatic carbocycles. The number of hydrogen-bond donors (Lipinski definition) is 1. The van der Waals surface area contributed by atoms with E-state index < -0.39 is 0 Å². The van der Waals surface area contributed by atoms with Gasteiger partial charge in [0.2, 0.25) is 5.91 Å². The number of nitrogens with one attached hydrogen (secondary N) is 1. The Morgan fingerprint density at radius 2 is 1.92 bits per heavy atom. The lowest BCUT2D eigenvalue weighted by Crippen LogP contribution is -2.35. The smallest absolute Gasteiger partial charge is 0.233 e. The standard InChI is InChI=1S/C19H21Cl2NO2S/c1-3-18(25-16-8-5-14(20)6-9-16)19(23)22-10-11-24-15-7-4-13(2)17(21)12-15/h4-9,12,18H,3,10-11H2,1-2H3,(H,22,23). The third kappa shape index (κ3) is 6.46. The summed E-state index contributed by atoms with van der Waals surface area (Å²) in [5, 5.41) is 4.14. The van der Waals surface area contributed by atoms with Crippen molar-refractivity contribution < 1.29 is 9.53 Å². The largest absolute Gasteiger partial charge is 0.492 e. The second-order valence-corrected chi connectivity index (χ2v) is 7.64. The lowest BCUT2D eigenvalue weighted by atomic mass is 10.2. The van der Waals surface area contributed by atoms with Crippen molar-refractivity contribution in [3.05, 3.63) is 58.1 Å². The SMILES string of the molecule is CCC(Sc1ccc(Cl)cc1)C(=O)NCCOc1ccc(C)c(Cl)c1. The van der Waals surface area contributed by atoms with Crippen molar-refractivity contribution in [2.45, 2.75) is 30.4 Å². The molecule has 0 aliphatic heterocycles. The van der Waals surface area contributed by atoms with Gasteiger partial charge in [0, 0.05) is 14.9 Å². The monoisotopic (exact) mass is 397 g/mol. The van der Waals surface area contributed by atoms with Crippen LogP contribution in [0.3, 0.4) is 0 Å². The minimum absolute atomic E-state index is 0.00740. The van der Waals surface area contributed by atoms with E-state index in [9.17, 15) is 4.79 Å². The molecule has 0 bridgehead atoms. The van der Waals surface area contributed by atoms with Gasteiger partial charge >= 0.3 is 0 Å². The number of carbonyl (C=O) groups excluding carboxylic acids is 1. The molecule has 0 aliphatic rings. The molecule has 0 saturated carbocycles. The van der Waals surface area contributed by atoms with Gasteiger partial charge < -0.3 is 10.1 Å². The molecule has 1 unspecified atom stereocenters. The molecule has 1 amide bonds. The van der Waals surface area contributed by atoms with Gasteiger partial charge in [-0.1, -0.05) is 36.2 Å². The van der Waals surface area contributed by atoms with Gasteiger partial charge in [-0.2, -0.15) is 0 Å². The van der Waals surface area contributed by atoms with Crippen molar-refractivity contribution in [1.82, 2.24) is 5.32 Å². The Kier molecular flexibility index (Phi) is 7.94. The molecule has 0 spiro atoms. The van der Waals surface area contributed by atoms with E-state index in [1.807, 2.05) is 50.2 Å². The number of rotatable bonds is 8. The number of amides is 1. The van der Waals surface area contributed by atoms with E-state index in [4.69, 9.17) is 27.9 Å². The van der Waals surface area contributed by atoms with Crippen LogP contribution < -0.4 is 10.1 Å². The molecule has 0 aliphatic carbocycles. The molecule has 6 heteroatoms. The first-order valence-electron chi connectivity index (χ1n) is 8.08. The molecule has 134 valence electrons. The Bertz CT molecular complexity index is 707. The summed E-state index contributed by atoms with van der Waals surface area (Å²) in [4.78, 5) is 13.3. The molecule has 1 atom stereocenters. The average molecular weight is 398 g/mol. The van der Waals surface area contributed by atoms with E-state index >= 15 is 0 Å². The zero-order valence-electron chi connectivity index (χ0n) is 14.2. The second kappa shape index (κ2) is 9.95. The Balaban J connectivity index is 1.77. The highest BCUT2D eigenvalue weighted by Gasteiger charge is 2.17. The number of benzene rings is 2. The van der Waals surface area contributed by atoms with Crippen molar-refractivity contribution in [3.63, 3.8) is 0 Å². The van der Waals surface area contributed by atoms with Crippen LogP contribution in [0.25, 0.3) is 0 Å². The van der Waals surface area contributed by atoms with Crippen LogP contribution in [0.1, 0.15) is 18.9 Å². The Labute approximate surface area is 163 Å². The maximum atomic E-state index is 12.3. The second-order valence-electron chi connectivity index (χ2n) is 5.52. The molecule has 0 heterocycles. The van der Waals surface area contributed by atoms with Crippen LogP contribution in [0.4, 0.5) is 0 Å². The van der Waals surface area contributed by atoms with Gasteiger partial charge in [-0.25, -0.2) is 0 Å². The summed E-state index contributed by atoms with van der Waals surface area (Å²) in [6, 6.07) is 13.1. The topological polar surface area (TPSA) is 38.3 Å². The first kappa shape index (κ1) is 20.0. The normalized spacial score (nSPS) is 11.8. The summed E-state index contributed by atoms with van der Waals surface area (Å²) in [5.41, 5.74) is 1.01. The van der Waals surface area contributed by atoms with E-state index in [1.54, 1.807) is 6.07 Å². The van der Waals surface area contributed by atoms with Crippen LogP contribution in [0.2, 0.25) is 10.0 Å². The molecule has 25 heavy (non-hydrogen) atoms. The number of aryl methyl sites for hydroxylation is 1. The average Bonchev–Trinajstić information content (AvgIpc) is 2.61. The van der Waals surface area contributed by atoms with Crippen molar-refractivity contribution in [2.75, 3.05) is 13.2 Å². The molecule has 1 N–H and O–H groups in total. The zero-order valence-corrected chi connectivity index (χ0v) is 16.5. The lowest BCUT2D eigenvalue weighted by molar-refractivity contribution is -0.120. The molecule has 0 aromatic heterocycles. The van der Waals surface area contributed by atoms with Gasteiger partial charge in [0.25, 0.3) is 0 Å². The number of carbonyl (C=O) groups is 1. The third-order valence-electron chi connectivity index (χ3n) is 3.57. The number of ether oxygens (including phenoxy) is 1. The number of halogens is 2. The lowest BCUT2D eigenvalue weighted by Gasteiger charge is -2.15. The van der Waals surface area contributed by atoms with Crippen molar-refractivity contribution in [3.8, 4) is 5.75 Å². The Morgan fingerprint density at radius 3 is 2.56 bits per heavy atom. The van der Waals surface area contributed by atoms with Crippen molar-refractivity contribution in [1.29, 1.82) is 0 Å². The van der Waals surface area contributed by atoms with Crippen LogP contribution >= 0.6 is 35.0 Å². The fourth-order valence-corrected chi connectivity index (χ4v) is 3.40. The third-order valence-corrected chi connectivity index (χ3v) is 5.60. The molecule has 3 nitrogen and oxygen atoms in total. The first-order chi connectivity index (χ1) is 12.0. The van der Waals surface area contributed by atoms with Crippen LogP contribution in [0.15, 0.2) is 47.4 Å². The maximum Gasteiger partial charge on any atom is 0.233 e. The summed E-state index contributed by atoms with van der Waals surface area (Å²) < 4.78 is 5.62. The van der Waals surface area contributed by atoms with Crippen LogP contribution in [0, 0.1) is 6.92 Å². The van der Waals surface area contributed by atoms with Gasteiger partial charge in [0.15, 0.2) is 0 Å². The van der Waals surface area contributed by atoms with Gasteiger partial charge in [0.1, 0.15) is 12.4 Å². The quantitative estimate of drug-likeness (QED) is 0.480. The van der Waals surface area contributed by atoms with E-state index in [0.717, 1.165) is 16.9 Å². The highest BCUT2D eigenvalue weighted by atomic mass is 35.5. The van der Waals surface area contributed by atoms with Crippen LogP contribution in [0.5, 0.6) is 5.75 Å². The van der Waals surface area contributed by atoms with Crippen molar-refractivity contribution in [2.24, 2.45) is 0 Å². The van der Waals surface area contributed by atoms with Crippen molar-refractivity contribution >= 4 is 40.9 Å². The molecular weight excluding hydrogens is 377 g/mol. The highest BCUT2D eigenvalue weighted by Crippen LogP contribution is 2.26. The summed E-state index contributed by atoms with van der Waals surface area (Å²) in [6.07, 6.45) is 0.744. The Hall–Kier alpha value is -1.36. The predicted molar refractivity (Wildman–Crippen MR) is 106 cm³/mol. The van der Waals surface area contributed by atoms with E-state index in [1.165, 1.54) is 11.8 Å². The molecule has 2 aromatic rings. The number of hydrogen-bond acceptors (Lipinski definition) is 3. The number of thioether (sulfide) groups is 1. The van der Waals surface area contributed by atoms with E-state index in [0.29, 0.717) is 28.9 Å². The summed E-state index contributed by atoms with van der Waals surface area (Å²) in [6.45, 7) is 4.78. The maximum absolute atomic E-state index is 12.3. The molecule has 0 fully saturated rings. The summed E-state index contributed by atoms with van der Waals surface area (Å²) >= 11 is 13.5. The van der Waals surface area contributed by atoms with Crippen LogP contribution in [-0.4, -0.2) is 24.3 Å². The van der Waals surface area contributed by atoms with E-state index in [-0.39, 0.29) is 11.2 Å². The highest BCUT2D eigenvalue weighted by molar-refractivity contribution is 8.00. The van der Waals surface area contributed by atoms with E-state index in [2.05, 4.69) is 5.32 Å².